The van der Waals surface area contributed by atoms with Crippen LogP contribution in [0.15, 0.2) is 30.5 Å². The summed E-state index contributed by atoms with van der Waals surface area (Å²) in [5.74, 6) is 0. The maximum atomic E-state index is 5.90. The summed E-state index contributed by atoms with van der Waals surface area (Å²) >= 11 is 5.90. The molecular weight excluding hydrogens is 196 g/mol. The van der Waals surface area contributed by atoms with Gasteiger partial charge in [-0.1, -0.05) is 17.7 Å². The van der Waals surface area contributed by atoms with Crippen LogP contribution < -0.4 is 0 Å². The van der Waals surface area contributed by atoms with Crippen LogP contribution in [0.25, 0.3) is 11.3 Å². The van der Waals surface area contributed by atoms with Gasteiger partial charge in [0.05, 0.1) is 5.69 Å². The van der Waals surface area contributed by atoms with Crippen LogP contribution in [-0.4, -0.2) is 9.78 Å². The van der Waals surface area contributed by atoms with E-state index in [0.29, 0.717) is 0 Å². The van der Waals surface area contributed by atoms with Gasteiger partial charge in [0.15, 0.2) is 0 Å². The van der Waals surface area contributed by atoms with Crippen molar-refractivity contribution in [2.24, 2.45) is 7.05 Å². The summed E-state index contributed by atoms with van der Waals surface area (Å²) in [6, 6.07) is 7.88. The molecule has 1 aromatic heterocycles. The molecule has 0 unspecified atom stereocenters. The van der Waals surface area contributed by atoms with E-state index in [1.165, 1.54) is 11.1 Å². The van der Waals surface area contributed by atoms with Gasteiger partial charge in [-0.25, -0.2) is 0 Å². The lowest BCUT2D eigenvalue weighted by Gasteiger charge is -2.06. The van der Waals surface area contributed by atoms with Crippen LogP contribution in [0.3, 0.4) is 0 Å². The molecule has 0 atom stereocenters. The van der Waals surface area contributed by atoms with Crippen molar-refractivity contribution in [3.05, 3.63) is 41.0 Å². The summed E-state index contributed by atoms with van der Waals surface area (Å²) in [5, 5.41) is 4.91. The number of hydrogen-bond acceptors (Lipinski definition) is 1. The van der Waals surface area contributed by atoms with Crippen molar-refractivity contribution in [1.82, 2.24) is 9.78 Å². The highest BCUT2D eigenvalue weighted by atomic mass is 35.5. The van der Waals surface area contributed by atoms with Crippen LogP contribution in [0.2, 0.25) is 5.02 Å². The summed E-state index contributed by atoms with van der Waals surface area (Å²) < 4.78 is 1.86. The lowest BCUT2D eigenvalue weighted by atomic mass is 10.1. The molecule has 0 radical (unpaired) electrons. The predicted molar refractivity (Wildman–Crippen MR) is 58.4 cm³/mol. The van der Waals surface area contributed by atoms with Gasteiger partial charge in [0.25, 0.3) is 0 Å². The van der Waals surface area contributed by atoms with Crippen molar-refractivity contribution in [3.8, 4) is 11.3 Å². The molecule has 0 aliphatic carbocycles. The molecular formula is C11H11ClN2. The maximum Gasteiger partial charge on any atom is 0.0681 e. The summed E-state index contributed by atoms with van der Waals surface area (Å²) in [7, 11) is 1.93. The molecule has 0 saturated heterocycles. The third kappa shape index (κ3) is 1.53. The maximum absolute atomic E-state index is 5.90. The van der Waals surface area contributed by atoms with E-state index in [1.54, 1.807) is 6.20 Å². The lowest BCUT2D eigenvalue weighted by Crippen LogP contribution is -1.94. The molecule has 1 aromatic carbocycles. The molecule has 0 aliphatic rings. The molecule has 0 spiro atoms. The summed E-state index contributed by atoms with van der Waals surface area (Å²) in [4.78, 5) is 0. The van der Waals surface area contributed by atoms with Gasteiger partial charge in [-0.15, -0.1) is 0 Å². The van der Waals surface area contributed by atoms with Crippen molar-refractivity contribution in [2.75, 3.05) is 0 Å². The first-order chi connectivity index (χ1) is 6.68. The zero-order chi connectivity index (χ0) is 10.1. The van der Waals surface area contributed by atoms with E-state index in [-0.39, 0.29) is 0 Å². The van der Waals surface area contributed by atoms with Crippen LogP contribution in [-0.2, 0) is 7.05 Å². The Bertz CT molecular complexity index is 460. The largest absolute Gasteiger partial charge is 0.268 e. The van der Waals surface area contributed by atoms with E-state index in [2.05, 4.69) is 5.10 Å². The fourth-order valence-electron chi connectivity index (χ4n) is 1.55. The minimum absolute atomic E-state index is 0.772. The standard InChI is InChI=1S/C11H11ClN2/c1-8-7-9(12)3-4-10(8)11-5-6-13-14(11)2/h3-7H,1-2H3. The van der Waals surface area contributed by atoms with E-state index in [0.717, 1.165) is 10.7 Å². The number of aromatic nitrogens is 2. The Kier molecular flexibility index (Phi) is 2.30. The van der Waals surface area contributed by atoms with Crippen LogP contribution in [0.4, 0.5) is 0 Å². The molecule has 0 aliphatic heterocycles. The minimum Gasteiger partial charge on any atom is -0.268 e. The number of hydrogen-bond donors (Lipinski definition) is 0. The van der Waals surface area contributed by atoms with E-state index in [9.17, 15) is 0 Å². The van der Waals surface area contributed by atoms with E-state index in [4.69, 9.17) is 11.6 Å². The number of halogens is 1. The second-order valence-corrected chi connectivity index (χ2v) is 3.74. The third-order valence-electron chi connectivity index (χ3n) is 2.29. The summed E-state index contributed by atoms with van der Waals surface area (Å²) in [5.41, 5.74) is 3.45. The molecule has 72 valence electrons. The topological polar surface area (TPSA) is 17.8 Å². The molecule has 3 heteroatoms. The summed E-state index contributed by atoms with van der Waals surface area (Å²) in [6.07, 6.45) is 1.80. The molecule has 0 amide bonds. The van der Waals surface area contributed by atoms with E-state index in [1.807, 2.05) is 42.9 Å². The van der Waals surface area contributed by atoms with Crippen LogP contribution in [0.1, 0.15) is 5.56 Å². The SMILES string of the molecule is Cc1cc(Cl)ccc1-c1ccnn1C. The van der Waals surface area contributed by atoms with Gasteiger partial charge < -0.3 is 0 Å². The van der Waals surface area contributed by atoms with Gasteiger partial charge in [0.1, 0.15) is 0 Å². The first kappa shape index (κ1) is 9.28. The molecule has 0 saturated carbocycles. The van der Waals surface area contributed by atoms with E-state index < -0.39 is 0 Å². The second-order valence-electron chi connectivity index (χ2n) is 3.30. The average Bonchev–Trinajstić information content (AvgIpc) is 2.52. The van der Waals surface area contributed by atoms with Gasteiger partial charge in [-0.2, -0.15) is 5.10 Å². The van der Waals surface area contributed by atoms with Crippen LogP contribution >= 0.6 is 11.6 Å². The van der Waals surface area contributed by atoms with Crippen molar-refractivity contribution in [2.45, 2.75) is 6.92 Å². The zero-order valence-electron chi connectivity index (χ0n) is 8.16. The number of benzene rings is 1. The van der Waals surface area contributed by atoms with Crippen molar-refractivity contribution in [1.29, 1.82) is 0 Å². The molecule has 0 bridgehead atoms. The summed E-state index contributed by atoms with van der Waals surface area (Å²) in [6.45, 7) is 2.05. The quantitative estimate of drug-likeness (QED) is 0.701. The predicted octanol–water partition coefficient (Wildman–Crippen LogP) is 3.05. The Morgan fingerprint density at radius 3 is 2.64 bits per heavy atom. The Morgan fingerprint density at radius 2 is 2.07 bits per heavy atom. The highest BCUT2D eigenvalue weighted by Gasteiger charge is 2.05. The zero-order valence-corrected chi connectivity index (χ0v) is 8.92. The van der Waals surface area contributed by atoms with Gasteiger partial charge in [0.2, 0.25) is 0 Å². The van der Waals surface area contributed by atoms with Gasteiger partial charge in [-0.05, 0) is 30.7 Å². The average molecular weight is 207 g/mol. The van der Waals surface area contributed by atoms with Gasteiger partial charge in [-0.3, -0.25) is 4.68 Å². The lowest BCUT2D eigenvalue weighted by molar-refractivity contribution is 0.775. The molecule has 2 aromatic rings. The highest BCUT2D eigenvalue weighted by molar-refractivity contribution is 6.30. The van der Waals surface area contributed by atoms with Gasteiger partial charge >= 0.3 is 0 Å². The Balaban J connectivity index is 2.58. The van der Waals surface area contributed by atoms with Crippen molar-refractivity contribution in [3.63, 3.8) is 0 Å². The van der Waals surface area contributed by atoms with Crippen LogP contribution in [0.5, 0.6) is 0 Å². The second kappa shape index (κ2) is 3.46. The Hall–Kier alpha value is -1.28. The first-order valence-electron chi connectivity index (χ1n) is 4.43. The Morgan fingerprint density at radius 1 is 1.29 bits per heavy atom. The van der Waals surface area contributed by atoms with E-state index >= 15 is 0 Å². The third-order valence-corrected chi connectivity index (χ3v) is 2.52. The fraction of sp³-hybridized carbons (Fsp3) is 0.182. The normalized spacial score (nSPS) is 10.5. The first-order valence-corrected chi connectivity index (χ1v) is 4.81. The minimum atomic E-state index is 0.772. The fourth-order valence-corrected chi connectivity index (χ4v) is 1.78. The Labute approximate surface area is 88.1 Å². The van der Waals surface area contributed by atoms with Crippen molar-refractivity contribution >= 4 is 11.6 Å². The molecule has 0 fully saturated rings. The molecule has 1 heterocycles. The smallest absolute Gasteiger partial charge is 0.0681 e. The molecule has 2 rings (SSSR count). The highest BCUT2D eigenvalue weighted by Crippen LogP contribution is 2.24. The molecule has 2 nitrogen and oxygen atoms in total. The van der Waals surface area contributed by atoms with Gasteiger partial charge in [0, 0.05) is 23.8 Å². The molecule has 14 heavy (non-hydrogen) atoms. The van der Waals surface area contributed by atoms with Crippen LogP contribution in [0, 0.1) is 6.92 Å². The number of nitrogens with zero attached hydrogens (tertiary/aromatic N) is 2. The number of aryl methyl sites for hydroxylation is 2. The van der Waals surface area contributed by atoms with Crippen molar-refractivity contribution < 1.29 is 0 Å². The number of rotatable bonds is 1. The monoisotopic (exact) mass is 206 g/mol. The molecule has 0 N–H and O–H groups in total.